The van der Waals surface area contributed by atoms with E-state index in [1.54, 1.807) is 0 Å². The summed E-state index contributed by atoms with van der Waals surface area (Å²) in [6.45, 7) is 6.83. The number of hydrogen-bond donors (Lipinski definition) is 4. The van der Waals surface area contributed by atoms with Crippen LogP contribution in [0.1, 0.15) is 45.6 Å². The van der Waals surface area contributed by atoms with Gasteiger partial charge in [-0.1, -0.05) is 44.2 Å². The summed E-state index contributed by atoms with van der Waals surface area (Å²) in [5, 5.41) is 23.5. The van der Waals surface area contributed by atoms with Gasteiger partial charge in [0.25, 0.3) is 0 Å². The van der Waals surface area contributed by atoms with Gasteiger partial charge in [-0.25, -0.2) is 17.9 Å². The number of aliphatic hydroxyl groups is 1. The molecule has 0 spiro atoms. The second kappa shape index (κ2) is 12.3. The second-order valence-electron chi connectivity index (χ2n) is 11.2. The van der Waals surface area contributed by atoms with Gasteiger partial charge in [0.05, 0.1) is 36.3 Å². The van der Waals surface area contributed by atoms with Crippen molar-refractivity contribution in [3.8, 4) is 11.5 Å². The second-order valence-corrected chi connectivity index (χ2v) is 12.9. The summed E-state index contributed by atoms with van der Waals surface area (Å²) < 4.78 is 51.9. The number of ether oxygens (including phenoxy) is 4. The Hall–Kier alpha value is -2.90. The molecule has 0 saturated carbocycles. The topological polar surface area (TPSA) is 153 Å². The van der Waals surface area contributed by atoms with Crippen LogP contribution in [0.5, 0.6) is 11.5 Å². The highest BCUT2D eigenvalue weighted by Gasteiger charge is 2.39. The van der Waals surface area contributed by atoms with Crippen LogP contribution in [0.2, 0.25) is 0 Å². The lowest BCUT2D eigenvalue weighted by molar-refractivity contribution is -0.151. The lowest BCUT2D eigenvalue weighted by atomic mass is 9.78. The van der Waals surface area contributed by atoms with E-state index in [2.05, 4.69) is 10.0 Å². The zero-order chi connectivity index (χ0) is 29.0. The number of carboxylic acid groups (broad SMARTS) is 1. The standard InChI is InChI=1S/C28H38N2O9S/c1-27(2,11-12-28(3)38-13-14-39-28)17-22(25(31)21(29-26(32)33)15-19-7-5-4-6-8-19)30-40(34,35)20-9-10-23-24(16-20)37-18-36-23/h4-10,16,21-22,25,29-31H,11-15,17-18H2,1-3H3,(H,32,33)/t21-,22?,25+/m0/s1. The van der Waals surface area contributed by atoms with E-state index in [-0.39, 0.29) is 24.5 Å². The minimum Gasteiger partial charge on any atom is -0.465 e. The molecule has 11 nitrogen and oxygen atoms in total. The minimum atomic E-state index is -4.15. The van der Waals surface area contributed by atoms with Crippen molar-refractivity contribution in [3.63, 3.8) is 0 Å². The average Bonchev–Trinajstić information content (AvgIpc) is 3.55. The predicted octanol–water partition coefficient (Wildman–Crippen LogP) is 3.26. The third kappa shape index (κ3) is 7.85. The number of amides is 1. The summed E-state index contributed by atoms with van der Waals surface area (Å²) in [6.07, 6.45) is -1.17. The van der Waals surface area contributed by atoms with Gasteiger partial charge >= 0.3 is 6.09 Å². The summed E-state index contributed by atoms with van der Waals surface area (Å²) in [5.41, 5.74) is 0.308. The Kier molecular flexibility index (Phi) is 9.26. The molecule has 1 amide bonds. The number of fused-ring (bicyclic) bond motifs is 1. The molecule has 2 aliphatic heterocycles. The maximum Gasteiger partial charge on any atom is 0.404 e. The molecule has 0 bridgehead atoms. The molecule has 2 aromatic carbocycles. The molecule has 1 fully saturated rings. The summed E-state index contributed by atoms with van der Waals surface area (Å²) in [5.74, 6) is 0.0210. The molecule has 4 N–H and O–H groups in total. The molecule has 1 saturated heterocycles. The first-order valence-corrected chi connectivity index (χ1v) is 14.8. The fourth-order valence-electron chi connectivity index (χ4n) is 5.07. The van der Waals surface area contributed by atoms with Crippen LogP contribution < -0.4 is 19.5 Å². The van der Waals surface area contributed by atoms with Gasteiger partial charge in [-0.3, -0.25) is 0 Å². The van der Waals surface area contributed by atoms with Crippen molar-refractivity contribution < 1.29 is 42.4 Å². The highest BCUT2D eigenvalue weighted by molar-refractivity contribution is 7.89. The Morgan fingerprint density at radius 1 is 1.05 bits per heavy atom. The number of rotatable bonds is 13. The van der Waals surface area contributed by atoms with Crippen molar-refractivity contribution in [2.45, 2.75) is 75.3 Å². The van der Waals surface area contributed by atoms with Gasteiger partial charge in [0, 0.05) is 12.5 Å². The molecule has 2 heterocycles. The summed E-state index contributed by atoms with van der Waals surface area (Å²) in [7, 11) is -4.15. The number of sulfonamides is 1. The van der Waals surface area contributed by atoms with Gasteiger partial charge in [-0.05, 0) is 49.3 Å². The quantitative estimate of drug-likeness (QED) is 0.281. The highest BCUT2D eigenvalue weighted by Crippen LogP contribution is 2.37. The molecule has 0 aliphatic carbocycles. The van der Waals surface area contributed by atoms with Crippen LogP contribution in [0.25, 0.3) is 0 Å². The third-order valence-electron chi connectivity index (χ3n) is 7.32. The third-order valence-corrected chi connectivity index (χ3v) is 8.81. The van der Waals surface area contributed by atoms with E-state index in [0.29, 0.717) is 37.6 Å². The molecule has 0 radical (unpaired) electrons. The Morgan fingerprint density at radius 3 is 2.40 bits per heavy atom. The van der Waals surface area contributed by atoms with Crippen molar-refractivity contribution in [1.82, 2.24) is 10.0 Å². The Balaban J connectivity index is 1.60. The van der Waals surface area contributed by atoms with Gasteiger partial charge in [0.15, 0.2) is 17.3 Å². The van der Waals surface area contributed by atoms with Crippen LogP contribution >= 0.6 is 0 Å². The van der Waals surface area contributed by atoms with Gasteiger partial charge < -0.3 is 34.5 Å². The van der Waals surface area contributed by atoms with E-state index in [0.717, 1.165) is 5.56 Å². The van der Waals surface area contributed by atoms with Gasteiger partial charge in [-0.2, -0.15) is 0 Å². The van der Waals surface area contributed by atoms with Gasteiger partial charge in [0.2, 0.25) is 16.8 Å². The molecule has 4 rings (SSSR count). The van der Waals surface area contributed by atoms with E-state index < -0.39 is 45.5 Å². The normalized spacial score (nSPS) is 18.7. The van der Waals surface area contributed by atoms with Crippen molar-refractivity contribution in [3.05, 3.63) is 54.1 Å². The maximum absolute atomic E-state index is 13.6. The largest absolute Gasteiger partial charge is 0.465 e. The number of nitrogens with one attached hydrogen (secondary N) is 2. The van der Waals surface area contributed by atoms with Crippen molar-refractivity contribution >= 4 is 16.1 Å². The average molecular weight is 579 g/mol. The lowest BCUT2D eigenvalue weighted by Gasteiger charge is -2.37. The molecule has 12 heteroatoms. The predicted molar refractivity (Wildman–Crippen MR) is 146 cm³/mol. The fraction of sp³-hybridized carbons (Fsp3) is 0.536. The number of hydrogen-bond acceptors (Lipinski definition) is 8. The first-order valence-electron chi connectivity index (χ1n) is 13.3. The van der Waals surface area contributed by atoms with Crippen molar-refractivity contribution in [2.24, 2.45) is 5.41 Å². The molecule has 220 valence electrons. The van der Waals surface area contributed by atoms with Crippen LogP contribution in [0.4, 0.5) is 4.79 Å². The van der Waals surface area contributed by atoms with E-state index >= 15 is 0 Å². The lowest BCUT2D eigenvalue weighted by Crippen LogP contribution is -2.56. The first-order chi connectivity index (χ1) is 18.9. The summed E-state index contributed by atoms with van der Waals surface area (Å²) in [6, 6.07) is 11.4. The van der Waals surface area contributed by atoms with E-state index in [1.165, 1.54) is 18.2 Å². The van der Waals surface area contributed by atoms with Crippen LogP contribution in [-0.2, 0) is 25.9 Å². The van der Waals surface area contributed by atoms with Crippen LogP contribution in [0, 0.1) is 5.41 Å². The van der Waals surface area contributed by atoms with Crippen molar-refractivity contribution in [2.75, 3.05) is 20.0 Å². The molecule has 40 heavy (non-hydrogen) atoms. The molecule has 3 atom stereocenters. The zero-order valence-electron chi connectivity index (χ0n) is 23.0. The van der Waals surface area contributed by atoms with Crippen LogP contribution in [0.3, 0.4) is 0 Å². The first kappa shape index (κ1) is 30.1. The Bertz CT molecular complexity index is 1260. The molecule has 0 aromatic heterocycles. The summed E-state index contributed by atoms with van der Waals surface area (Å²) >= 11 is 0. The monoisotopic (exact) mass is 578 g/mol. The molecule has 2 aromatic rings. The smallest absolute Gasteiger partial charge is 0.404 e. The van der Waals surface area contributed by atoms with E-state index in [4.69, 9.17) is 18.9 Å². The van der Waals surface area contributed by atoms with Gasteiger partial charge in [0.1, 0.15) is 0 Å². The van der Waals surface area contributed by atoms with E-state index in [9.17, 15) is 23.4 Å². The SMILES string of the molecule is CC(C)(CCC1(C)OCCO1)CC(NS(=O)(=O)c1ccc2c(c1)OCO2)[C@H](O)[C@H](Cc1ccccc1)NC(=O)O. The number of carbonyl (C=O) groups is 1. The molecule has 2 aliphatic rings. The Morgan fingerprint density at radius 2 is 1.73 bits per heavy atom. The highest BCUT2D eigenvalue weighted by atomic mass is 32.2. The number of aliphatic hydroxyl groups excluding tert-OH is 1. The summed E-state index contributed by atoms with van der Waals surface area (Å²) in [4.78, 5) is 11.6. The van der Waals surface area contributed by atoms with Gasteiger partial charge in [-0.15, -0.1) is 0 Å². The molecular weight excluding hydrogens is 540 g/mol. The van der Waals surface area contributed by atoms with Crippen LogP contribution in [0.15, 0.2) is 53.4 Å². The fourth-order valence-corrected chi connectivity index (χ4v) is 6.34. The van der Waals surface area contributed by atoms with E-state index in [1.807, 2.05) is 51.1 Å². The molecular formula is C28H38N2O9S. The Labute approximate surface area is 234 Å². The molecule has 1 unspecified atom stereocenters. The van der Waals surface area contributed by atoms with Crippen molar-refractivity contribution in [1.29, 1.82) is 0 Å². The minimum absolute atomic E-state index is 0.00381. The zero-order valence-corrected chi connectivity index (χ0v) is 23.8. The number of benzene rings is 2. The maximum atomic E-state index is 13.6. The van der Waals surface area contributed by atoms with Crippen LogP contribution in [-0.4, -0.2) is 68.7 Å².